The molecule has 1 aromatic carbocycles. The smallest absolute Gasteiger partial charge is 0.253 e. The number of thioether (sulfide) groups is 1. The third-order valence-corrected chi connectivity index (χ3v) is 4.92. The molecule has 1 fully saturated rings. The molecular weight excluding hydrogens is 272 g/mol. The van der Waals surface area contributed by atoms with Gasteiger partial charge in [0.2, 0.25) is 0 Å². The van der Waals surface area contributed by atoms with Gasteiger partial charge in [0.15, 0.2) is 0 Å². The quantitative estimate of drug-likeness (QED) is 0.838. The van der Waals surface area contributed by atoms with Crippen LogP contribution in [-0.4, -0.2) is 30.6 Å². The van der Waals surface area contributed by atoms with Crippen LogP contribution in [0.1, 0.15) is 36.0 Å². The summed E-state index contributed by atoms with van der Waals surface area (Å²) in [6.07, 6.45) is 6.64. The summed E-state index contributed by atoms with van der Waals surface area (Å²) in [4.78, 5) is 12.3. The van der Waals surface area contributed by atoms with Crippen molar-refractivity contribution < 1.29 is 9.53 Å². The number of anilines is 1. The molecule has 5 heteroatoms. The molecule has 2 rings (SSSR count). The first-order valence-corrected chi connectivity index (χ1v) is 8.20. The van der Waals surface area contributed by atoms with E-state index in [1.807, 2.05) is 11.8 Å². The van der Waals surface area contributed by atoms with Gasteiger partial charge in [-0.25, -0.2) is 0 Å². The Morgan fingerprint density at radius 1 is 1.45 bits per heavy atom. The highest BCUT2D eigenvalue weighted by Crippen LogP contribution is 2.28. The van der Waals surface area contributed by atoms with Crippen molar-refractivity contribution in [2.75, 3.05) is 19.1 Å². The molecule has 0 bridgehead atoms. The number of nitrogens with two attached hydrogens (primary N) is 1. The van der Waals surface area contributed by atoms with E-state index in [2.05, 4.69) is 11.6 Å². The second kappa shape index (κ2) is 6.88. The fourth-order valence-corrected chi connectivity index (χ4v) is 3.50. The van der Waals surface area contributed by atoms with E-state index in [-0.39, 0.29) is 11.9 Å². The van der Waals surface area contributed by atoms with Gasteiger partial charge in [0.1, 0.15) is 5.75 Å². The third-order valence-electron chi connectivity index (χ3n) is 3.83. The predicted molar refractivity (Wildman–Crippen MR) is 84.4 cm³/mol. The van der Waals surface area contributed by atoms with Gasteiger partial charge in [-0.05, 0) is 37.7 Å². The second-order valence-corrected chi connectivity index (χ2v) is 6.25. The van der Waals surface area contributed by atoms with Crippen molar-refractivity contribution in [1.29, 1.82) is 0 Å². The number of carbonyl (C=O) groups is 1. The molecule has 20 heavy (non-hydrogen) atoms. The number of nitrogen functional groups attached to an aromatic ring is 1. The van der Waals surface area contributed by atoms with Crippen LogP contribution in [-0.2, 0) is 0 Å². The Labute approximate surface area is 124 Å². The largest absolute Gasteiger partial charge is 0.495 e. The van der Waals surface area contributed by atoms with Crippen molar-refractivity contribution in [3.8, 4) is 5.75 Å². The van der Waals surface area contributed by atoms with E-state index in [1.54, 1.807) is 25.3 Å². The highest BCUT2D eigenvalue weighted by Gasteiger charge is 2.24. The van der Waals surface area contributed by atoms with Gasteiger partial charge < -0.3 is 15.8 Å². The molecule has 3 N–H and O–H groups in total. The minimum absolute atomic E-state index is 0.104. The first-order chi connectivity index (χ1) is 9.65. The Balaban J connectivity index is 2.05. The molecule has 1 aliphatic rings. The maximum absolute atomic E-state index is 12.3. The molecular formula is C15H22N2O2S. The molecule has 1 amide bonds. The van der Waals surface area contributed by atoms with Crippen LogP contribution in [0.25, 0.3) is 0 Å². The molecule has 1 aliphatic carbocycles. The number of hydrogen-bond acceptors (Lipinski definition) is 4. The molecule has 1 saturated carbocycles. The molecule has 0 saturated heterocycles. The first-order valence-electron chi connectivity index (χ1n) is 6.91. The number of hydrogen-bond donors (Lipinski definition) is 2. The molecule has 0 radical (unpaired) electrons. The summed E-state index contributed by atoms with van der Waals surface area (Å²) in [5.74, 6) is 0.441. The number of para-hydroxylation sites is 1. The van der Waals surface area contributed by atoms with Crippen LogP contribution in [0.3, 0.4) is 0 Å². The van der Waals surface area contributed by atoms with Crippen LogP contribution in [0.5, 0.6) is 5.75 Å². The number of benzene rings is 1. The van der Waals surface area contributed by atoms with Crippen molar-refractivity contribution in [3.63, 3.8) is 0 Å². The van der Waals surface area contributed by atoms with E-state index >= 15 is 0 Å². The molecule has 0 heterocycles. The Kier molecular flexibility index (Phi) is 5.17. The number of carbonyl (C=O) groups excluding carboxylic acids is 1. The van der Waals surface area contributed by atoms with E-state index < -0.39 is 0 Å². The molecule has 4 nitrogen and oxygen atoms in total. The van der Waals surface area contributed by atoms with Gasteiger partial charge in [0.05, 0.1) is 18.4 Å². The maximum Gasteiger partial charge on any atom is 0.253 e. The molecule has 0 aliphatic heterocycles. The van der Waals surface area contributed by atoms with Gasteiger partial charge in [0.25, 0.3) is 5.91 Å². The SMILES string of the molecule is COc1cccc(C(=O)NC2CCCC(SC)C2)c1N. The van der Waals surface area contributed by atoms with E-state index in [9.17, 15) is 4.79 Å². The molecule has 1 aromatic rings. The van der Waals surface area contributed by atoms with E-state index in [4.69, 9.17) is 10.5 Å². The zero-order chi connectivity index (χ0) is 14.5. The lowest BCUT2D eigenvalue weighted by atomic mass is 9.94. The fraction of sp³-hybridized carbons (Fsp3) is 0.533. The van der Waals surface area contributed by atoms with Crippen molar-refractivity contribution in [2.45, 2.75) is 37.0 Å². The summed E-state index contributed by atoms with van der Waals surface area (Å²) >= 11 is 1.89. The number of amides is 1. The van der Waals surface area contributed by atoms with Crippen LogP contribution in [0.4, 0.5) is 5.69 Å². The summed E-state index contributed by atoms with van der Waals surface area (Å²) < 4.78 is 5.15. The Morgan fingerprint density at radius 2 is 2.25 bits per heavy atom. The molecule has 2 atom stereocenters. The van der Waals surface area contributed by atoms with Gasteiger partial charge >= 0.3 is 0 Å². The van der Waals surface area contributed by atoms with Crippen LogP contribution < -0.4 is 15.8 Å². The second-order valence-electron chi connectivity index (χ2n) is 5.12. The Bertz CT molecular complexity index is 479. The number of nitrogens with one attached hydrogen (secondary N) is 1. The van der Waals surface area contributed by atoms with E-state index in [0.29, 0.717) is 22.3 Å². The summed E-state index contributed by atoms with van der Waals surface area (Å²) in [5.41, 5.74) is 6.87. The van der Waals surface area contributed by atoms with Gasteiger partial charge in [0, 0.05) is 11.3 Å². The minimum atomic E-state index is -0.104. The molecule has 110 valence electrons. The van der Waals surface area contributed by atoms with E-state index in [0.717, 1.165) is 12.8 Å². The zero-order valence-electron chi connectivity index (χ0n) is 12.0. The van der Waals surface area contributed by atoms with Crippen molar-refractivity contribution in [1.82, 2.24) is 5.32 Å². The van der Waals surface area contributed by atoms with Gasteiger partial charge in [-0.1, -0.05) is 12.5 Å². The predicted octanol–water partition coefficient (Wildman–Crippen LogP) is 2.68. The van der Waals surface area contributed by atoms with Crippen molar-refractivity contribution in [3.05, 3.63) is 23.8 Å². The lowest BCUT2D eigenvalue weighted by Gasteiger charge is -2.28. The third kappa shape index (κ3) is 3.39. The average molecular weight is 294 g/mol. The first kappa shape index (κ1) is 15.0. The fourth-order valence-electron chi connectivity index (χ4n) is 2.67. The molecule has 0 spiro atoms. The molecule has 0 aromatic heterocycles. The standard InChI is InChI=1S/C15H22N2O2S/c1-19-13-8-4-7-12(14(13)16)15(18)17-10-5-3-6-11(9-10)20-2/h4,7-8,10-11H,3,5-6,9,16H2,1-2H3,(H,17,18). The summed E-state index contributed by atoms with van der Waals surface area (Å²) in [7, 11) is 1.55. The van der Waals surface area contributed by atoms with Crippen molar-refractivity contribution >= 4 is 23.4 Å². The highest BCUT2D eigenvalue weighted by molar-refractivity contribution is 7.99. The summed E-state index contributed by atoms with van der Waals surface area (Å²) in [5, 5.41) is 3.75. The normalized spacial score (nSPS) is 22.3. The number of rotatable bonds is 4. The van der Waals surface area contributed by atoms with Gasteiger partial charge in [-0.15, -0.1) is 0 Å². The molecule has 2 unspecified atom stereocenters. The number of methoxy groups -OCH3 is 1. The van der Waals surface area contributed by atoms with Crippen LogP contribution in [0.2, 0.25) is 0 Å². The average Bonchev–Trinajstić information content (AvgIpc) is 2.47. The van der Waals surface area contributed by atoms with Crippen LogP contribution in [0.15, 0.2) is 18.2 Å². The van der Waals surface area contributed by atoms with E-state index in [1.165, 1.54) is 12.8 Å². The lowest BCUT2D eigenvalue weighted by molar-refractivity contribution is 0.0929. The minimum Gasteiger partial charge on any atom is -0.495 e. The van der Waals surface area contributed by atoms with Gasteiger partial charge in [-0.3, -0.25) is 4.79 Å². The Hall–Kier alpha value is -1.36. The van der Waals surface area contributed by atoms with Gasteiger partial charge in [-0.2, -0.15) is 11.8 Å². The maximum atomic E-state index is 12.3. The Morgan fingerprint density at radius 3 is 2.95 bits per heavy atom. The van der Waals surface area contributed by atoms with Crippen LogP contribution in [0, 0.1) is 0 Å². The van der Waals surface area contributed by atoms with Crippen molar-refractivity contribution in [2.24, 2.45) is 0 Å². The van der Waals surface area contributed by atoms with Crippen LogP contribution >= 0.6 is 11.8 Å². The highest BCUT2D eigenvalue weighted by atomic mass is 32.2. The lowest BCUT2D eigenvalue weighted by Crippen LogP contribution is -2.39. The monoisotopic (exact) mass is 294 g/mol. The summed E-state index contributed by atoms with van der Waals surface area (Å²) in [6.45, 7) is 0. The number of ether oxygens (including phenoxy) is 1. The zero-order valence-corrected chi connectivity index (χ0v) is 12.8. The summed E-state index contributed by atoms with van der Waals surface area (Å²) in [6, 6.07) is 5.54. The topological polar surface area (TPSA) is 64.3 Å².